The number of carbonyl (C=O) groups is 2. The normalized spacial score (nSPS) is 13.7. The largest absolute Gasteiger partial charge is 0.435 e. The quantitative estimate of drug-likeness (QED) is 0.248. The third kappa shape index (κ3) is 6.61. The molecule has 44 heavy (non-hydrogen) atoms. The number of rotatable bonds is 8. The van der Waals surface area contributed by atoms with Crippen LogP contribution in [0.3, 0.4) is 0 Å². The number of alkyl halides is 3. The first kappa shape index (κ1) is 30.8. The molecule has 2 amide bonds. The van der Waals surface area contributed by atoms with E-state index in [-0.39, 0.29) is 35.2 Å². The molecule has 2 N–H and O–H groups in total. The number of halogens is 6. The number of fused-ring (bicyclic) bond motifs is 1. The van der Waals surface area contributed by atoms with E-state index in [0.29, 0.717) is 42.1 Å². The van der Waals surface area contributed by atoms with Crippen molar-refractivity contribution < 1.29 is 35.9 Å². The number of nitrogens with zero attached hydrogens (tertiary/aromatic N) is 3. The molecule has 0 radical (unpaired) electrons. The second-order valence-electron chi connectivity index (χ2n) is 10.4. The molecule has 2 aromatic heterocycles. The minimum absolute atomic E-state index is 0.0820. The molecule has 7 nitrogen and oxygen atoms in total. The Morgan fingerprint density at radius 2 is 1.73 bits per heavy atom. The summed E-state index contributed by atoms with van der Waals surface area (Å²) in [5, 5.41) is 8.85. The van der Waals surface area contributed by atoms with Crippen LogP contribution in [0.5, 0.6) is 0 Å². The van der Waals surface area contributed by atoms with E-state index in [1.165, 1.54) is 25.4 Å². The second kappa shape index (κ2) is 12.5. The molecule has 2 heterocycles. The van der Waals surface area contributed by atoms with Crippen LogP contribution in [0.15, 0.2) is 54.7 Å². The van der Waals surface area contributed by atoms with Gasteiger partial charge in [0.15, 0.2) is 5.69 Å². The van der Waals surface area contributed by atoms with Crippen LogP contribution in [0, 0.1) is 17.5 Å². The van der Waals surface area contributed by atoms with Gasteiger partial charge in [-0.15, -0.1) is 0 Å². The molecule has 0 fully saturated rings. The van der Waals surface area contributed by atoms with Gasteiger partial charge in [-0.3, -0.25) is 19.3 Å². The zero-order valence-electron chi connectivity index (χ0n) is 23.4. The molecule has 1 atom stereocenters. The topological polar surface area (TPSA) is 88.9 Å². The number of pyridine rings is 1. The van der Waals surface area contributed by atoms with E-state index >= 15 is 0 Å². The molecule has 4 aromatic rings. The summed E-state index contributed by atoms with van der Waals surface area (Å²) >= 11 is 0. The molecule has 5 rings (SSSR count). The molecule has 0 saturated heterocycles. The highest BCUT2D eigenvalue weighted by Crippen LogP contribution is 2.36. The van der Waals surface area contributed by atoms with Gasteiger partial charge in [-0.2, -0.15) is 18.3 Å². The molecule has 0 bridgehead atoms. The van der Waals surface area contributed by atoms with Gasteiger partial charge in [-0.1, -0.05) is 12.1 Å². The van der Waals surface area contributed by atoms with Crippen LogP contribution in [0.1, 0.15) is 57.5 Å². The number of hydrogen-bond acceptors (Lipinski definition) is 4. The van der Waals surface area contributed by atoms with Gasteiger partial charge in [0.2, 0.25) is 5.91 Å². The van der Waals surface area contributed by atoms with Crippen molar-refractivity contribution in [1.29, 1.82) is 0 Å². The van der Waals surface area contributed by atoms with Crippen molar-refractivity contribution >= 4 is 11.8 Å². The van der Waals surface area contributed by atoms with Crippen LogP contribution in [-0.2, 0) is 36.8 Å². The van der Waals surface area contributed by atoms with Gasteiger partial charge >= 0.3 is 6.18 Å². The van der Waals surface area contributed by atoms with E-state index in [1.54, 1.807) is 12.1 Å². The number of nitrogens with one attached hydrogen (secondary N) is 2. The highest BCUT2D eigenvalue weighted by atomic mass is 19.4. The van der Waals surface area contributed by atoms with Gasteiger partial charge in [0.05, 0.1) is 17.3 Å². The Morgan fingerprint density at radius 1 is 1.00 bits per heavy atom. The molecule has 2 aromatic carbocycles. The minimum atomic E-state index is -4.68. The molecule has 0 aliphatic heterocycles. The second-order valence-corrected chi connectivity index (χ2v) is 10.4. The lowest BCUT2D eigenvalue weighted by Gasteiger charge is -2.22. The third-order valence-corrected chi connectivity index (χ3v) is 7.43. The van der Waals surface area contributed by atoms with Crippen LogP contribution in [0.4, 0.5) is 26.3 Å². The maximum absolute atomic E-state index is 14.4. The molecule has 1 aliphatic carbocycles. The molecule has 0 spiro atoms. The zero-order valence-corrected chi connectivity index (χ0v) is 23.4. The maximum Gasteiger partial charge on any atom is 0.435 e. The highest BCUT2D eigenvalue weighted by Gasteiger charge is 2.39. The predicted octanol–water partition coefficient (Wildman–Crippen LogP) is 5.72. The van der Waals surface area contributed by atoms with Crippen LogP contribution >= 0.6 is 0 Å². The van der Waals surface area contributed by atoms with E-state index in [1.807, 2.05) is 0 Å². The lowest BCUT2D eigenvalue weighted by Crippen LogP contribution is -2.34. The molecule has 0 saturated carbocycles. The van der Waals surface area contributed by atoms with E-state index in [4.69, 9.17) is 0 Å². The molecular weight excluding hydrogens is 588 g/mol. The van der Waals surface area contributed by atoms with Gasteiger partial charge in [-0.25, -0.2) is 13.2 Å². The van der Waals surface area contributed by atoms with Crippen molar-refractivity contribution in [2.75, 3.05) is 7.05 Å². The first-order valence-electron chi connectivity index (χ1n) is 13.8. The Labute approximate surface area is 248 Å². The Balaban J connectivity index is 1.53. The van der Waals surface area contributed by atoms with Crippen LogP contribution in [-0.4, -0.2) is 33.6 Å². The number of hydrogen-bond donors (Lipinski definition) is 2. The molecule has 1 aliphatic rings. The zero-order chi connectivity index (χ0) is 31.6. The van der Waals surface area contributed by atoms with Crippen molar-refractivity contribution in [3.05, 3.63) is 106 Å². The number of aromatic nitrogens is 3. The fourth-order valence-electron chi connectivity index (χ4n) is 5.53. The molecule has 0 unspecified atom stereocenters. The number of amides is 2. The Morgan fingerprint density at radius 3 is 2.43 bits per heavy atom. The van der Waals surface area contributed by atoms with Crippen molar-refractivity contribution in [2.24, 2.45) is 0 Å². The average Bonchev–Trinajstić information content (AvgIpc) is 3.35. The van der Waals surface area contributed by atoms with Gasteiger partial charge in [0, 0.05) is 36.1 Å². The van der Waals surface area contributed by atoms with Gasteiger partial charge in [0.1, 0.15) is 24.0 Å². The van der Waals surface area contributed by atoms with Crippen molar-refractivity contribution in [2.45, 2.75) is 50.9 Å². The predicted molar refractivity (Wildman–Crippen MR) is 148 cm³/mol. The minimum Gasteiger partial charge on any atom is -0.355 e. The third-order valence-electron chi connectivity index (χ3n) is 7.43. The summed E-state index contributed by atoms with van der Waals surface area (Å²) < 4.78 is 84.8. The van der Waals surface area contributed by atoms with Crippen molar-refractivity contribution in [3.63, 3.8) is 0 Å². The summed E-state index contributed by atoms with van der Waals surface area (Å²) in [6.45, 7) is -0.536. The first-order chi connectivity index (χ1) is 20.9. The van der Waals surface area contributed by atoms with Gasteiger partial charge in [0.25, 0.3) is 5.91 Å². The van der Waals surface area contributed by atoms with Gasteiger partial charge in [-0.05, 0) is 73.6 Å². The Kier molecular flexibility index (Phi) is 8.75. The SMILES string of the molecule is CNC(=O)c1cc(-c2cccnc2[C@H](Cc2cc(F)cc(F)c2)NC(=O)Cn2nc(C(F)(F)F)c3c2CCCC3)ccc1F. The lowest BCUT2D eigenvalue weighted by molar-refractivity contribution is -0.142. The number of benzene rings is 2. The fourth-order valence-corrected chi connectivity index (χ4v) is 5.53. The monoisotopic (exact) mass is 615 g/mol. The maximum atomic E-state index is 14.4. The van der Waals surface area contributed by atoms with Crippen LogP contribution < -0.4 is 10.6 Å². The molecular formula is C31H27F6N5O2. The summed E-state index contributed by atoms with van der Waals surface area (Å²) in [7, 11) is 1.35. The first-order valence-corrected chi connectivity index (χ1v) is 13.8. The highest BCUT2D eigenvalue weighted by molar-refractivity contribution is 5.95. The summed E-state index contributed by atoms with van der Waals surface area (Å²) in [6, 6.07) is 8.86. The summed E-state index contributed by atoms with van der Waals surface area (Å²) in [5.41, 5.74) is 0.319. The molecule has 230 valence electrons. The van der Waals surface area contributed by atoms with E-state index < -0.39 is 53.7 Å². The standard InChI is InChI=1S/C31H27F6N5O2/c1-38-30(44)23-14-18(8-9-24(23)34)21-6-4-10-39-28(21)25(13-17-11-19(32)15-20(33)12-17)40-27(43)16-42-26-7-3-2-5-22(26)29(41-42)31(35,36)37/h4,6,8-12,14-15,25H,2-3,5,7,13,16H2,1H3,(H,38,44)(H,40,43)/t25-/m0/s1. The summed E-state index contributed by atoms with van der Waals surface area (Å²) in [6.07, 6.45) is -1.65. The van der Waals surface area contributed by atoms with Crippen molar-refractivity contribution in [1.82, 2.24) is 25.4 Å². The van der Waals surface area contributed by atoms with Crippen LogP contribution in [0.2, 0.25) is 0 Å². The molecule has 13 heteroatoms. The Hall–Kier alpha value is -4.68. The summed E-state index contributed by atoms with van der Waals surface area (Å²) in [4.78, 5) is 30.1. The average molecular weight is 616 g/mol. The van der Waals surface area contributed by atoms with E-state index in [9.17, 15) is 35.9 Å². The lowest BCUT2D eigenvalue weighted by atomic mass is 9.94. The van der Waals surface area contributed by atoms with E-state index in [2.05, 4.69) is 20.7 Å². The summed E-state index contributed by atoms with van der Waals surface area (Å²) in [5.74, 6) is -3.83. The van der Waals surface area contributed by atoms with Crippen molar-refractivity contribution in [3.8, 4) is 11.1 Å². The van der Waals surface area contributed by atoms with E-state index in [0.717, 1.165) is 22.9 Å². The fraction of sp³-hybridized carbons (Fsp3) is 0.290. The van der Waals surface area contributed by atoms with Crippen LogP contribution in [0.25, 0.3) is 11.1 Å². The smallest absolute Gasteiger partial charge is 0.355 e. The van der Waals surface area contributed by atoms with Gasteiger partial charge < -0.3 is 10.6 Å². The Bertz CT molecular complexity index is 1700. The number of carbonyl (C=O) groups excluding carboxylic acids is 2.